The van der Waals surface area contributed by atoms with Crippen molar-refractivity contribution in [1.29, 1.82) is 0 Å². The second-order valence-electron chi connectivity index (χ2n) is 7.28. The van der Waals surface area contributed by atoms with Gasteiger partial charge in [-0.3, -0.25) is 4.79 Å². The Hall–Kier alpha value is -2.69. The number of anilines is 1. The van der Waals surface area contributed by atoms with Gasteiger partial charge in [0.25, 0.3) is 0 Å². The van der Waals surface area contributed by atoms with Crippen molar-refractivity contribution in [2.75, 3.05) is 11.9 Å². The average molecular weight is 377 g/mol. The lowest BCUT2D eigenvalue weighted by molar-refractivity contribution is -0.117. The predicted molar refractivity (Wildman–Crippen MR) is 115 cm³/mol. The molecule has 3 aromatic rings. The van der Waals surface area contributed by atoms with Crippen LogP contribution in [0, 0.1) is 0 Å². The van der Waals surface area contributed by atoms with Gasteiger partial charge in [-0.05, 0) is 60.8 Å². The molecule has 0 aromatic heterocycles. The minimum atomic E-state index is -0.281. The van der Waals surface area contributed by atoms with Crippen molar-refractivity contribution in [3.63, 3.8) is 0 Å². The summed E-state index contributed by atoms with van der Waals surface area (Å²) in [5, 5.41) is 5.31. The quantitative estimate of drug-likeness (QED) is 0.591. The van der Waals surface area contributed by atoms with Crippen molar-refractivity contribution in [3.8, 4) is 0 Å². The fraction of sp³-hybridized carbons (Fsp3) is 0.292. The Balaban J connectivity index is 1.73. The molecule has 3 rings (SSSR count). The maximum absolute atomic E-state index is 12.9. The Kier molecular flexibility index (Phi) is 6.80. The van der Waals surface area contributed by atoms with Gasteiger partial charge in [0.1, 0.15) is 0 Å². The second-order valence-corrected chi connectivity index (χ2v) is 7.28. The van der Waals surface area contributed by atoms with Gasteiger partial charge in [-0.1, -0.05) is 54.6 Å². The van der Waals surface area contributed by atoms with E-state index in [0.29, 0.717) is 19.6 Å². The second kappa shape index (κ2) is 9.49. The molecule has 0 bridgehead atoms. The van der Waals surface area contributed by atoms with E-state index in [9.17, 15) is 4.79 Å². The summed E-state index contributed by atoms with van der Waals surface area (Å²) < 4.78 is 5.64. The topological polar surface area (TPSA) is 64.3 Å². The molecular weight excluding hydrogens is 348 g/mol. The smallest absolute Gasteiger partial charge is 0.231 e. The first kappa shape index (κ1) is 20.1. The number of hydrogen-bond acceptors (Lipinski definition) is 3. The minimum absolute atomic E-state index is 0.0353. The standard InChI is InChI=1S/C24H28N2O2/c1-17(2)28-16-18-7-9-20(10-8-18)23(13-14-25)24(27)26-22-12-11-19-5-3-4-6-21(19)15-22/h3-12,15,17,23H,13-14,16,25H2,1-2H3,(H,26,27)/t23-/m1/s1. The summed E-state index contributed by atoms with van der Waals surface area (Å²) in [7, 11) is 0. The summed E-state index contributed by atoms with van der Waals surface area (Å²) in [5.41, 5.74) is 8.65. The monoisotopic (exact) mass is 376 g/mol. The molecule has 0 saturated heterocycles. The summed E-state index contributed by atoms with van der Waals surface area (Å²) in [5.74, 6) is -0.316. The van der Waals surface area contributed by atoms with E-state index in [2.05, 4.69) is 11.4 Å². The van der Waals surface area contributed by atoms with E-state index in [1.807, 2.05) is 74.5 Å². The first-order valence-electron chi connectivity index (χ1n) is 9.77. The van der Waals surface area contributed by atoms with Crippen LogP contribution in [0.4, 0.5) is 5.69 Å². The molecule has 28 heavy (non-hydrogen) atoms. The summed E-state index contributed by atoms with van der Waals surface area (Å²) in [6.45, 7) is 5.06. The Labute approximate surface area is 166 Å². The van der Waals surface area contributed by atoms with E-state index < -0.39 is 0 Å². The van der Waals surface area contributed by atoms with E-state index in [-0.39, 0.29) is 17.9 Å². The average Bonchev–Trinajstić information content (AvgIpc) is 2.71. The number of benzene rings is 3. The lowest BCUT2D eigenvalue weighted by Crippen LogP contribution is -2.23. The SMILES string of the molecule is CC(C)OCc1ccc([C@@H](CCN)C(=O)Nc2ccc3ccccc3c2)cc1. The summed E-state index contributed by atoms with van der Waals surface area (Å²) in [6, 6.07) is 22.1. The number of carbonyl (C=O) groups is 1. The van der Waals surface area contributed by atoms with E-state index in [1.165, 1.54) is 0 Å². The van der Waals surface area contributed by atoms with E-state index in [1.54, 1.807) is 0 Å². The molecule has 0 aliphatic rings. The van der Waals surface area contributed by atoms with Gasteiger partial charge in [-0.2, -0.15) is 0 Å². The zero-order valence-electron chi connectivity index (χ0n) is 16.5. The number of carbonyl (C=O) groups excluding carboxylic acids is 1. The molecule has 3 N–H and O–H groups in total. The molecule has 0 spiro atoms. The normalized spacial score (nSPS) is 12.3. The van der Waals surface area contributed by atoms with Gasteiger partial charge in [-0.15, -0.1) is 0 Å². The molecule has 0 aliphatic heterocycles. The van der Waals surface area contributed by atoms with Crippen LogP contribution in [0.5, 0.6) is 0 Å². The molecule has 0 fully saturated rings. The van der Waals surface area contributed by atoms with Gasteiger partial charge in [0.15, 0.2) is 0 Å². The highest BCUT2D eigenvalue weighted by Gasteiger charge is 2.20. The first-order chi connectivity index (χ1) is 13.6. The highest BCUT2D eigenvalue weighted by molar-refractivity contribution is 5.98. The first-order valence-corrected chi connectivity index (χ1v) is 9.77. The van der Waals surface area contributed by atoms with Gasteiger partial charge in [-0.25, -0.2) is 0 Å². The van der Waals surface area contributed by atoms with Gasteiger partial charge in [0.05, 0.1) is 18.6 Å². The molecule has 0 saturated carbocycles. The van der Waals surface area contributed by atoms with Crippen LogP contribution in [0.2, 0.25) is 0 Å². The van der Waals surface area contributed by atoms with Gasteiger partial charge in [0, 0.05) is 5.69 Å². The van der Waals surface area contributed by atoms with E-state index in [4.69, 9.17) is 10.5 Å². The van der Waals surface area contributed by atoms with Crippen LogP contribution in [-0.4, -0.2) is 18.6 Å². The molecule has 4 heteroatoms. The highest BCUT2D eigenvalue weighted by Crippen LogP contribution is 2.24. The van der Waals surface area contributed by atoms with E-state index >= 15 is 0 Å². The van der Waals surface area contributed by atoms with Crippen LogP contribution in [0.15, 0.2) is 66.7 Å². The van der Waals surface area contributed by atoms with Crippen LogP contribution in [0.1, 0.15) is 37.3 Å². The lowest BCUT2D eigenvalue weighted by atomic mass is 9.93. The molecule has 0 unspecified atom stereocenters. The van der Waals surface area contributed by atoms with Crippen molar-refractivity contribution in [1.82, 2.24) is 0 Å². The number of nitrogens with two attached hydrogens (primary N) is 1. The molecule has 146 valence electrons. The third-order valence-electron chi connectivity index (χ3n) is 4.75. The molecule has 0 radical (unpaired) electrons. The lowest BCUT2D eigenvalue weighted by Gasteiger charge is -2.17. The third-order valence-corrected chi connectivity index (χ3v) is 4.75. The highest BCUT2D eigenvalue weighted by atomic mass is 16.5. The van der Waals surface area contributed by atoms with Crippen LogP contribution < -0.4 is 11.1 Å². The van der Waals surface area contributed by atoms with Crippen molar-refractivity contribution >= 4 is 22.4 Å². The van der Waals surface area contributed by atoms with Crippen molar-refractivity contribution in [2.45, 2.75) is 38.9 Å². The molecule has 3 aromatic carbocycles. The van der Waals surface area contributed by atoms with Crippen LogP contribution in [-0.2, 0) is 16.1 Å². The molecule has 4 nitrogen and oxygen atoms in total. The number of fused-ring (bicyclic) bond motifs is 1. The number of nitrogens with one attached hydrogen (secondary N) is 1. The summed E-state index contributed by atoms with van der Waals surface area (Å²) in [4.78, 5) is 12.9. The van der Waals surface area contributed by atoms with Gasteiger partial charge < -0.3 is 15.8 Å². The molecule has 1 amide bonds. The van der Waals surface area contributed by atoms with Crippen molar-refractivity contribution in [2.24, 2.45) is 5.73 Å². The molecule has 0 heterocycles. The van der Waals surface area contributed by atoms with Crippen molar-refractivity contribution < 1.29 is 9.53 Å². The summed E-state index contributed by atoms with van der Waals surface area (Å²) in [6.07, 6.45) is 0.791. The number of ether oxygens (including phenoxy) is 1. The fourth-order valence-electron chi connectivity index (χ4n) is 3.22. The van der Waals surface area contributed by atoms with Gasteiger partial charge in [0.2, 0.25) is 5.91 Å². The van der Waals surface area contributed by atoms with Gasteiger partial charge >= 0.3 is 0 Å². The Morgan fingerprint density at radius 2 is 1.71 bits per heavy atom. The zero-order valence-corrected chi connectivity index (χ0v) is 16.5. The Bertz CT molecular complexity index is 919. The molecule has 1 atom stereocenters. The number of amides is 1. The largest absolute Gasteiger partial charge is 0.374 e. The number of rotatable bonds is 8. The minimum Gasteiger partial charge on any atom is -0.374 e. The summed E-state index contributed by atoms with van der Waals surface area (Å²) >= 11 is 0. The maximum atomic E-state index is 12.9. The molecular formula is C24H28N2O2. The number of hydrogen-bond donors (Lipinski definition) is 2. The van der Waals surface area contributed by atoms with Crippen LogP contribution in [0.3, 0.4) is 0 Å². The van der Waals surface area contributed by atoms with Crippen LogP contribution >= 0.6 is 0 Å². The Morgan fingerprint density at radius 1 is 1.00 bits per heavy atom. The fourth-order valence-corrected chi connectivity index (χ4v) is 3.22. The van der Waals surface area contributed by atoms with E-state index in [0.717, 1.165) is 27.6 Å². The molecule has 0 aliphatic carbocycles. The predicted octanol–water partition coefficient (Wildman–Crippen LogP) is 4.84. The Morgan fingerprint density at radius 3 is 2.39 bits per heavy atom. The third kappa shape index (κ3) is 5.18. The zero-order chi connectivity index (χ0) is 19.9. The van der Waals surface area contributed by atoms with Crippen LogP contribution in [0.25, 0.3) is 10.8 Å². The maximum Gasteiger partial charge on any atom is 0.231 e. The van der Waals surface area contributed by atoms with Crippen molar-refractivity contribution in [3.05, 3.63) is 77.9 Å².